The van der Waals surface area contributed by atoms with Crippen LogP contribution in [0.1, 0.15) is 51.5 Å². The fourth-order valence-electron chi connectivity index (χ4n) is 4.84. The van der Waals surface area contributed by atoms with Crippen molar-refractivity contribution in [1.82, 2.24) is 9.21 Å². The lowest BCUT2D eigenvalue weighted by atomic mass is 9.85. The van der Waals surface area contributed by atoms with Crippen LogP contribution in [0.5, 0.6) is 0 Å². The van der Waals surface area contributed by atoms with E-state index in [1.54, 1.807) is 49.1 Å². The van der Waals surface area contributed by atoms with E-state index in [1.165, 1.54) is 17.5 Å². The summed E-state index contributed by atoms with van der Waals surface area (Å²) in [4.78, 5) is 27.2. The zero-order chi connectivity index (χ0) is 22.6. The molecule has 0 bridgehead atoms. The van der Waals surface area contributed by atoms with E-state index in [0.29, 0.717) is 25.4 Å². The molecular weight excluding hydrogens is 416 g/mol. The molecule has 0 spiro atoms. The normalized spacial score (nSPS) is 23.9. The predicted octanol–water partition coefficient (Wildman–Crippen LogP) is 3.06. The highest BCUT2D eigenvalue weighted by Crippen LogP contribution is 2.40. The van der Waals surface area contributed by atoms with Gasteiger partial charge in [-0.15, -0.1) is 0 Å². The number of likely N-dealkylation sites (tertiary alicyclic amines) is 1. The monoisotopic (exact) mass is 448 g/mol. The van der Waals surface area contributed by atoms with Crippen LogP contribution in [0.15, 0.2) is 35.2 Å². The maximum Gasteiger partial charge on any atom is 0.328 e. The Labute approximate surface area is 185 Å². The lowest BCUT2D eigenvalue weighted by Crippen LogP contribution is -2.45. The average molecular weight is 449 g/mol. The molecular formula is C23H32N2O5S. The van der Waals surface area contributed by atoms with Crippen molar-refractivity contribution in [3.63, 3.8) is 0 Å². The Hall–Kier alpha value is -2.19. The molecule has 1 saturated carbocycles. The summed E-state index contributed by atoms with van der Waals surface area (Å²) in [7, 11) is -2.15. The molecule has 8 heteroatoms. The van der Waals surface area contributed by atoms with E-state index in [2.05, 4.69) is 0 Å². The number of nitrogens with zero attached hydrogens (tertiary/aromatic N) is 2. The summed E-state index contributed by atoms with van der Waals surface area (Å²) < 4.78 is 31.6. The maximum absolute atomic E-state index is 13.0. The fraction of sp³-hybridized carbons (Fsp3) is 0.565. The van der Waals surface area contributed by atoms with Crippen LogP contribution in [0.25, 0.3) is 6.08 Å². The lowest BCUT2D eigenvalue weighted by Gasteiger charge is -2.32. The summed E-state index contributed by atoms with van der Waals surface area (Å²) in [5, 5.41) is 0. The molecule has 7 nitrogen and oxygen atoms in total. The molecule has 3 rings (SSSR count). The first-order chi connectivity index (χ1) is 14.8. The summed E-state index contributed by atoms with van der Waals surface area (Å²) >= 11 is 0. The summed E-state index contributed by atoms with van der Waals surface area (Å²) in [5.41, 5.74) is 0.723. The number of ether oxygens (including phenoxy) is 1. The number of sulfonamides is 1. The molecule has 1 aliphatic carbocycles. The lowest BCUT2D eigenvalue weighted by molar-refractivity contribution is -0.150. The van der Waals surface area contributed by atoms with Crippen molar-refractivity contribution in [3.8, 4) is 0 Å². The Kier molecular flexibility index (Phi) is 7.54. The summed E-state index contributed by atoms with van der Waals surface area (Å²) in [5.74, 6) is -0.216. The van der Waals surface area contributed by atoms with Crippen LogP contribution in [0.3, 0.4) is 0 Å². The molecule has 3 unspecified atom stereocenters. The van der Waals surface area contributed by atoms with Gasteiger partial charge in [0.1, 0.15) is 6.04 Å². The number of methoxy groups -OCH3 is 1. The molecule has 1 saturated heterocycles. The Bertz CT molecular complexity index is 922. The molecule has 2 aliphatic rings. The van der Waals surface area contributed by atoms with Gasteiger partial charge < -0.3 is 9.64 Å². The number of benzene rings is 1. The number of fused-ring (bicyclic) bond motifs is 1. The van der Waals surface area contributed by atoms with Gasteiger partial charge in [0, 0.05) is 25.2 Å². The number of rotatable bonds is 7. The van der Waals surface area contributed by atoms with E-state index in [0.717, 1.165) is 31.2 Å². The van der Waals surface area contributed by atoms with Gasteiger partial charge in [0.15, 0.2) is 0 Å². The van der Waals surface area contributed by atoms with Crippen LogP contribution in [0.4, 0.5) is 0 Å². The topological polar surface area (TPSA) is 84.0 Å². The van der Waals surface area contributed by atoms with Gasteiger partial charge in [-0.1, -0.05) is 38.8 Å². The summed E-state index contributed by atoms with van der Waals surface area (Å²) in [6.45, 7) is 4.43. The van der Waals surface area contributed by atoms with E-state index in [4.69, 9.17) is 4.74 Å². The van der Waals surface area contributed by atoms with Crippen LogP contribution in [-0.2, 0) is 24.3 Å². The van der Waals surface area contributed by atoms with Crippen LogP contribution in [0.2, 0.25) is 0 Å². The van der Waals surface area contributed by atoms with Gasteiger partial charge in [0.25, 0.3) is 0 Å². The molecule has 1 heterocycles. The van der Waals surface area contributed by atoms with Crippen LogP contribution in [-0.4, -0.2) is 61.8 Å². The van der Waals surface area contributed by atoms with Gasteiger partial charge in [-0.25, -0.2) is 13.2 Å². The third-order valence-corrected chi connectivity index (χ3v) is 8.52. The first-order valence-electron chi connectivity index (χ1n) is 11.0. The third-order valence-electron chi connectivity index (χ3n) is 6.46. The first kappa shape index (κ1) is 23.5. The van der Waals surface area contributed by atoms with Crippen molar-refractivity contribution < 1.29 is 22.7 Å². The minimum absolute atomic E-state index is 0.0802. The predicted molar refractivity (Wildman–Crippen MR) is 119 cm³/mol. The molecule has 0 radical (unpaired) electrons. The molecule has 1 aliphatic heterocycles. The largest absolute Gasteiger partial charge is 0.467 e. The standard InChI is InChI=1S/C23H32N2O5S/c1-4-24(5-2)31(28,29)19-13-10-17(11-14-19)12-15-22(26)25-20-9-7-6-8-18(20)16-21(25)23(27)30-3/h10-15,18,20-21H,4-9,16H2,1-3H3/b15-12-. The van der Waals surface area contributed by atoms with Crippen molar-refractivity contribution >= 4 is 28.0 Å². The second-order valence-corrected chi connectivity index (χ2v) is 10.1. The fourth-order valence-corrected chi connectivity index (χ4v) is 6.30. The number of hydrogen-bond acceptors (Lipinski definition) is 5. The second kappa shape index (κ2) is 9.96. The summed E-state index contributed by atoms with van der Waals surface area (Å²) in [6, 6.07) is 6.04. The van der Waals surface area contributed by atoms with Crippen molar-refractivity contribution in [2.75, 3.05) is 20.2 Å². The molecule has 170 valence electrons. The Balaban J connectivity index is 1.76. The number of carbonyl (C=O) groups is 2. The Morgan fingerprint density at radius 3 is 2.39 bits per heavy atom. The van der Waals surface area contributed by atoms with Crippen molar-refractivity contribution in [2.45, 2.75) is 62.9 Å². The Morgan fingerprint density at radius 1 is 1.13 bits per heavy atom. The molecule has 31 heavy (non-hydrogen) atoms. The quantitative estimate of drug-likeness (QED) is 0.473. The van der Waals surface area contributed by atoms with Gasteiger partial charge in [-0.3, -0.25) is 4.79 Å². The molecule has 0 aromatic heterocycles. The van der Waals surface area contributed by atoms with Crippen LogP contribution < -0.4 is 0 Å². The average Bonchev–Trinajstić information content (AvgIpc) is 3.17. The highest BCUT2D eigenvalue weighted by Gasteiger charge is 2.47. The minimum atomic E-state index is -3.51. The SMILES string of the molecule is CCN(CC)S(=O)(=O)c1ccc(/C=C\C(=O)N2C(C(=O)OC)CC3CCCCC32)cc1. The second-order valence-electron chi connectivity index (χ2n) is 8.12. The number of carbonyl (C=O) groups excluding carboxylic acids is 2. The van der Waals surface area contributed by atoms with E-state index in [9.17, 15) is 18.0 Å². The summed E-state index contributed by atoms with van der Waals surface area (Å²) in [6.07, 6.45) is 7.95. The minimum Gasteiger partial charge on any atom is -0.467 e. The van der Waals surface area contributed by atoms with E-state index >= 15 is 0 Å². The van der Waals surface area contributed by atoms with Gasteiger partial charge in [0.05, 0.1) is 12.0 Å². The van der Waals surface area contributed by atoms with Crippen molar-refractivity contribution in [3.05, 3.63) is 35.9 Å². The highest BCUT2D eigenvalue weighted by molar-refractivity contribution is 7.89. The highest BCUT2D eigenvalue weighted by atomic mass is 32.2. The molecule has 0 N–H and O–H groups in total. The zero-order valence-corrected chi connectivity index (χ0v) is 19.3. The smallest absolute Gasteiger partial charge is 0.328 e. The van der Waals surface area contributed by atoms with E-state index < -0.39 is 16.1 Å². The number of hydrogen-bond donors (Lipinski definition) is 0. The number of amides is 1. The van der Waals surface area contributed by atoms with Crippen molar-refractivity contribution in [2.24, 2.45) is 5.92 Å². The number of esters is 1. The molecule has 2 fully saturated rings. The molecule has 1 aromatic carbocycles. The molecule has 1 amide bonds. The van der Waals surface area contributed by atoms with Gasteiger partial charge in [0.2, 0.25) is 15.9 Å². The third kappa shape index (κ3) is 4.85. The Morgan fingerprint density at radius 2 is 1.77 bits per heavy atom. The van der Waals surface area contributed by atoms with Gasteiger partial charge in [-0.2, -0.15) is 4.31 Å². The van der Waals surface area contributed by atoms with E-state index in [-0.39, 0.29) is 22.8 Å². The maximum atomic E-state index is 13.0. The van der Waals surface area contributed by atoms with Gasteiger partial charge in [-0.05, 0) is 49.0 Å². The van der Waals surface area contributed by atoms with Crippen molar-refractivity contribution in [1.29, 1.82) is 0 Å². The zero-order valence-electron chi connectivity index (χ0n) is 18.5. The van der Waals surface area contributed by atoms with E-state index in [1.807, 2.05) is 0 Å². The molecule has 1 aromatic rings. The first-order valence-corrected chi connectivity index (χ1v) is 12.5. The van der Waals surface area contributed by atoms with Crippen LogP contribution in [0, 0.1) is 5.92 Å². The molecule has 3 atom stereocenters. The van der Waals surface area contributed by atoms with Gasteiger partial charge >= 0.3 is 5.97 Å². The van der Waals surface area contributed by atoms with Crippen LogP contribution >= 0.6 is 0 Å².